The minimum atomic E-state index is -3.77. The maximum absolute atomic E-state index is 14.0. The van der Waals surface area contributed by atoms with Gasteiger partial charge in [0.2, 0.25) is 21.8 Å². The summed E-state index contributed by atoms with van der Waals surface area (Å²) in [5.74, 6) is 2.11. The van der Waals surface area contributed by atoms with E-state index in [2.05, 4.69) is 17.4 Å². The number of benzene rings is 2. The van der Waals surface area contributed by atoms with Crippen molar-refractivity contribution in [3.63, 3.8) is 0 Å². The molecule has 4 aliphatic carbocycles. The van der Waals surface area contributed by atoms with Crippen LogP contribution in [0.4, 0.5) is 5.69 Å². The highest BCUT2D eigenvalue weighted by Gasteiger charge is 2.51. The van der Waals surface area contributed by atoms with Crippen molar-refractivity contribution in [3.8, 4) is 0 Å². The molecule has 0 unspecified atom stereocenters. The maximum Gasteiger partial charge on any atom is 0.244 e. The fourth-order valence-electron chi connectivity index (χ4n) is 8.41. The average Bonchev–Trinajstić information content (AvgIpc) is 2.93. The minimum Gasteiger partial charge on any atom is -0.354 e. The summed E-state index contributed by atoms with van der Waals surface area (Å²) in [6, 6.07) is 15.1. The maximum atomic E-state index is 14.0. The zero-order valence-corrected chi connectivity index (χ0v) is 27.3. The van der Waals surface area contributed by atoms with E-state index in [1.165, 1.54) is 48.4 Å². The number of anilines is 1. The lowest BCUT2D eigenvalue weighted by molar-refractivity contribution is -0.140. The Bertz CT molecular complexity index is 1380. The van der Waals surface area contributed by atoms with Crippen LogP contribution in [0, 0.1) is 30.6 Å². The van der Waals surface area contributed by atoms with Gasteiger partial charge in [0, 0.05) is 13.1 Å². The van der Waals surface area contributed by atoms with Gasteiger partial charge in [-0.1, -0.05) is 62.7 Å². The summed E-state index contributed by atoms with van der Waals surface area (Å²) < 4.78 is 27.4. The number of rotatable bonds is 12. The van der Waals surface area contributed by atoms with E-state index in [0.717, 1.165) is 35.1 Å². The minimum absolute atomic E-state index is 0.210. The van der Waals surface area contributed by atoms with Gasteiger partial charge in [-0.2, -0.15) is 0 Å². The van der Waals surface area contributed by atoms with Crippen LogP contribution in [0.25, 0.3) is 0 Å². The highest BCUT2D eigenvalue weighted by Crippen LogP contribution is 2.60. The molecule has 0 aromatic heterocycles. The number of hydrogen-bond acceptors (Lipinski definition) is 4. The van der Waals surface area contributed by atoms with Crippen LogP contribution in [0.5, 0.6) is 0 Å². The molecule has 0 heterocycles. The van der Waals surface area contributed by atoms with Crippen molar-refractivity contribution >= 4 is 27.5 Å². The number of aryl methyl sites for hydroxylation is 1. The lowest BCUT2D eigenvalue weighted by atomic mass is 9.48. The van der Waals surface area contributed by atoms with Crippen molar-refractivity contribution in [2.24, 2.45) is 23.7 Å². The SMILES string of the molecule is CC[C@@H](C(=O)NCC(C)C)N(Cc1cccc(C)c1)C(=O)CN(c1ccc(C23CC4CC(CC(C4)C2)C3)cc1)S(C)(=O)=O. The molecule has 7 nitrogen and oxygen atoms in total. The number of hydrogen-bond donors (Lipinski definition) is 1. The summed E-state index contributed by atoms with van der Waals surface area (Å²) in [5.41, 5.74) is 3.95. The fourth-order valence-corrected chi connectivity index (χ4v) is 9.26. The Balaban J connectivity index is 1.40. The van der Waals surface area contributed by atoms with Gasteiger partial charge < -0.3 is 10.2 Å². The van der Waals surface area contributed by atoms with Crippen molar-refractivity contribution in [1.29, 1.82) is 0 Å². The van der Waals surface area contributed by atoms with Crippen LogP contribution in [0.3, 0.4) is 0 Å². The molecule has 4 aliphatic rings. The van der Waals surface area contributed by atoms with Crippen molar-refractivity contribution in [3.05, 3.63) is 65.2 Å². The van der Waals surface area contributed by atoms with E-state index in [1.54, 1.807) is 4.90 Å². The molecule has 2 aromatic rings. The van der Waals surface area contributed by atoms with Gasteiger partial charge in [-0.3, -0.25) is 13.9 Å². The number of carbonyl (C=O) groups excluding carboxylic acids is 2. The van der Waals surface area contributed by atoms with Gasteiger partial charge in [0.15, 0.2) is 0 Å². The Hall–Kier alpha value is -2.87. The topological polar surface area (TPSA) is 86.8 Å². The quantitative estimate of drug-likeness (QED) is 0.330. The molecule has 43 heavy (non-hydrogen) atoms. The summed E-state index contributed by atoms with van der Waals surface area (Å²) in [6.45, 7) is 8.28. The fraction of sp³-hybridized carbons (Fsp3) is 0.600. The number of amides is 2. The largest absolute Gasteiger partial charge is 0.354 e. The second-order valence-electron chi connectivity index (χ2n) is 14.1. The standard InChI is InChI=1S/C35H49N3O4S/c1-6-32(34(40)36-21-24(2)3)37(22-26-9-7-8-25(4)14-26)33(39)23-38(43(5,41)42)31-12-10-30(11-13-31)35-18-27-15-28(19-35)17-29(16-27)20-35/h7-14,24,27-29,32H,6,15-23H2,1-5H3,(H,36,40)/t27?,28?,29?,32-,35?/m0/s1. The Morgan fingerprint density at radius 1 is 0.977 bits per heavy atom. The first-order chi connectivity index (χ1) is 20.4. The molecule has 4 bridgehead atoms. The third-order valence-electron chi connectivity index (χ3n) is 9.99. The number of sulfonamides is 1. The summed E-state index contributed by atoms with van der Waals surface area (Å²) in [7, 11) is -3.77. The monoisotopic (exact) mass is 607 g/mol. The van der Waals surface area contributed by atoms with Crippen LogP contribution < -0.4 is 9.62 Å². The Kier molecular flexibility index (Phi) is 9.26. The smallest absolute Gasteiger partial charge is 0.244 e. The van der Waals surface area contributed by atoms with Crippen molar-refractivity contribution in [2.45, 2.75) is 90.6 Å². The van der Waals surface area contributed by atoms with E-state index in [0.29, 0.717) is 18.7 Å². The van der Waals surface area contributed by atoms with E-state index in [1.807, 2.05) is 64.1 Å². The van der Waals surface area contributed by atoms with Crippen LogP contribution in [0.15, 0.2) is 48.5 Å². The molecule has 0 radical (unpaired) electrons. The van der Waals surface area contributed by atoms with Crippen LogP contribution >= 0.6 is 0 Å². The normalized spacial score (nSPS) is 25.0. The van der Waals surface area contributed by atoms with Gasteiger partial charge in [-0.05, 0) is 104 Å². The first-order valence-electron chi connectivity index (χ1n) is 16.1. The summed E-state index contributed by atoms with van der Waals surface area (Å²) in [6.07, 6.45) is 9.37. The molecule has 234 valence electrons. The van der Waals surface area contributed by atoms with Crippen LogP contribution in [-0.2, 0) is 31.6 Å². The molecular weight excluding hydrogens is 558 g/mol. The zero-order valence-electron chi connectivity index (χ0n) is 26.5. The molecule has 8 heteroatoms. The van der Waals surface area contributed by atoms with Gasteiger partial charge in [0.05, 0.1) is 11.9 Å². The number of nitrogens with zero attached hydrogens (tertiary/aromatic N) is 2. The molecular formula is C35H49N3O4S. The second-order valence-corrected chi connectivity index (χ2v) is 16.0. The third-order valence-corrected chi connectivity index (χ3v) is 11.1. The molecule has 1 N–H and O–H groups in total. The lowest BCUT2D eigenvalue weighted by Gasteiger charge is -2.57. The predicted molar refractivity (Wildman–Crippen MR) is 172 cm³/mol. The predicted octanol–water partition coefficient (Wildman–Crippen LogP) is 5.81. The van der Waals surface area contributed by atoms with Crippen LogP contribution in [0.1, 0.15) is 82.4 Å². The van der Waals surface area contributed by atoms with Crippen LogP contribution in [0.2, 0.25) is 0 Å². The third kappa shape index (κ3) is 7.11. The van der Waals surface area contributed by atoms with E-state index < -0.39 is 22.0 Å². The molecule has 0 saturated heterocycles. The van der Waals surface area contributed by atoms with Gasteiger partial charge in [0.25, 0.3) is 0 Å². The van der Waals surface area contributed by atoms with Gasteiger partial charge in [0.1, 0.15) is 12.6 Å². The van der Waals surface area contributed by atoms with E-state index in [-0.39, 0.29) is 30.3 Å². The van der Waals surface area contributed by atoms with E-state index in [9.17, 15) is 18.0 Å². The first-order valence-corrected chi connectivity index (χ1v) is 17.9. The Morgan fingerprint density at radius 2 is 1.58 bits per heavy atom. The van der Waals surface area contributed by atoms with Crippen molar-refractivity contribution < 1.29 is 18.0 Å². The molecule has 4 fully saturated rings. The van der Waals surface area contributed by atoms with Gasteiger partial charge >= 0.3 is 0 Å². The number of nitrogens with one attached hydrogen (secondary N) is 1. The lowest BCUT2D eigenvalue weighted by Crippen LogP contribution is -2.52. The highest BCUT2D eigenvalue weighted by molar-refractivity contribution is 7.92. The average molecular weight is 608 g/mol. The molecule has 2 amide bonds. The molecule has 4 saturated carbocycles. The summed E-state index contributed by atoms with van der Waals surface area (Å²) in [4.78, 5) is 28.9. The molecule has 2 aromatic carbocycles. The summed E-state index contributed by atoms with van der Waals surface area (Å²) in [5, 5.41) is 2.98. The van der Waals surface area contributed by atoms with Gasteiger partial charge in [-0.15, -0.1) is 0 Å². The van der Waals surface area contributed by atoms with E-state index >= 15 is 0 Å². The van der Waals surface area contributed by atoms with Crippen molar-refractivity contribution in [2.75, 3.05) is 23.7 Å². The summed E-state index contributed by atoms with van der Waals surface area (Å²) >= 11 is 0. The molecule has 1 atom stereocenters. The van der Waals surface area contributed by atoms with E-state index in [4.69, 9.17) is 0 Å². The Labute approximate surface area is 258 Å². The molecule has 6 rings (SSSR count). The van der Waals surface area contributed by atoms with Crippen LogP contribution in [-0.4, -0.2) is 50.5 Å². The van der Waals surface area contributed by atoms with Crippen molar-refractivity contribution in [1.82, 2.24) is 10.2 Å². The zero-order chi connectivity index (χ0) is 30.9. The number of carbonyl (C=O) groups is 2. The molecule has 0 spiro atoms. The highest BCUT2D eigenvalue weighted by atomic mass is 32.2. The first kappa shape index (κ1) is 31.6. The Morgan fingerprint density at radius 3 is 2.09 bits per heavy atom. The second kappa shape index (κ2) is 12.6. The molecule has 0 aliphatic heterocycles. The van der Waals surface area contributed by atoms with Gasteiger partial charge in [-0.25, -0.2) is 8.42 Å².